The van der Waals surface area contributed by atoms with Gasteiger partial charge in [-0.25, -0.2) is 0 Å². The van der Waals surface area contributed by atoms with Gasteiger partial charge in [0.25, 0.3) is 0 Å². The Morgan fingerprint density at radius 3 is 2.46 bits per heavy atom. The number of nitrogens with zero attached hydrogens (tertiary/aromatic N) is 4. The molecule has 0 N–H and O–H groups in total. The second-order valence-electron chi connectivity index (χ2n) is 8.20. The van der Waals surface area contributed by atoms with Crippen LogP contribution in [0.3, 0.4) is 0 Å². The highest BCUT2D eigenvalue weighted by molar-refractivity contribution is 7.99. The third kappa shape index (κ3) is 6.01. The molecule has 0 saturated carbocycles. The normalized spacial score (nSPS) is 11.9. The molecule has 7 nitrogen and oxygen atoms in total. The maximum atomic E-state index is 11.5. The van der Waals surface area contributed by atoms with E-state index in [9.17, 15) is 10.1 Å². The Bertz CT molecular complexity index is 1340. The summed E-state index contributed by atoms with van der Waals surface area (Å²) in [5.74, 6) is 1.38. The van der Waals surface area contributed by atoms with Crippen LogP contribution in [0.15, 0.2) is 71.9 Å². The van der Waals surface area contributed by atoms with Gasteiger partial charge in [-0.1, -0.05) is 59.8 Å². The Hall–Kier alpha value is -3.36. The number of ether oxygens (including phenoxy) is 1. The predicted molar refractivity (Wildman–Crippen MR) is 138 cm³/mol. The fraction of sp³-hybridized carbons (Fsp3) is 0.231. The first-order chi connectivity index (χ1) is 16.8. The van der Waals surface area contributed by atoms with E-state index in [1.165, 1.54) is 17.3 Å². The number of aryl methyl sites for hydroxylation is 3. The molecule has 35 heavy (non-hydrogen) atoms. The van der Waals surface area contributed by atoms with Gasteiger partial charge in [-0.05, 0) is 67.8 Å². The third-order valence-electron chi connectivity index (χ3n) is 5.71. The summed E-state index contributed by atoms with van der Waals surface area (Å²) in [5, 5.41) is 20.9. The van der Waals surface area contributed by atoms with Gasteiger partial charge in [0.15, 0.2) is 5.16 Å². The van der Waals surface area contributed by atoms with Gasteiger partial charge in [0, 0.05) is 21.2 Å². The average molecular weight is 509 g/mol. The topological polar surface area (TPSA) is 83.1 Å². The Kier molecular flexibility index (Phi) is 7.73. The van der Waals surface area contributed by atoms with Crippen LogP contribution in [0.25, 0.3) is 5.69 Å². The fourth-order valence-electron chi connectivity index (χ4n) is 3.61. The Balaban J connectivity index is 1.55. The summed E-state index contributed by atoms with van der Waals surface area (Å²) < 4.78 is 7.79. The molecule has 1 aromatic heterocycles. The minimum Gasteiger partial charge on any atom is -0.489 e. The van der Waals surface area contributed by atoms with Gasteiger partial charge in [0.2, 0.25) is 6.54 Å². The summed E-state index contributed by atoms with van der Waals surface area (Å²) in [6.07, 6.45) is 0. The summed E-state index contributed by atoms with van der Waals surface area (Å²) in [6.45, 7) is 6.08. The zero-order valence-corrected chi connectivity index (χ0v) is 21.2. The largest absolute Gasteiger partial charge is 0.489 e. The van der Waals surface area contributed by atoms with Crippen LogP contribution >= 0.6 is 23.4 Å². The van der Waals surface area contributed by atoms with Crippen molar-refractivity contribution >= 4 is 23.4 Å². The molecule has 0 bridgehead atoms. The number of aromatic nitrogens is 3. The van der Waals surface area contributed by atoms with E-state index in [0.717, 1.165) is 28.2 Å². The van der Waals surface area contributed by atoms with Crippen molar-refractivity contribution in [3.8, 4) is 11.4 Å². The summed E-state index contributed by atoms with van der Waals surface area (Å²) >= 11 is 7.53. The highest BCUT2D eigenvalue weighted by Crippen LogP contribution is 2.37. The van der Waals surface area contributed by atoms with Crippen LogP contribution < -0.4 is 4.74 Å². The number of hydrogen-bond donors (Lipinski definition) is 0. The summed E-state index contributed by atoms with van der Waals surface area (Å²) in [5.41, 5.74) is 4.98. The Morgan fingerprint density at radius 2 is 1.77 bits per heavy atom. The number of thioether (sulfide) groups is 1. The van der Waals surface area contributed by atoms with E-state index in [2.05, 4.69) is 36.2 Å². The SMILES string of the molecule is Cc1ccc(-n2c(C)nnc2S[C@H](C[N+](=O)[O-])c2ccc(OCc3ccccc3Cl)cc2)cc1C. The highest BCUT2D eigenvalue weighted by atomic mass is 35.5. The van der Waals surface area contributed by atoms with E-state index in [4.69, 9.17) is 16.3 Å². The van der Waals surface area contributed by atoms with Crippen LogP contribution in [-0.2, 0) is 6.61 Å². The Labute approximate surface area is 213 Å². The van der Waals surface area contributed by atoms with E-state index >= 15 is 0 Å². The first-order valence-electron chi connectivity index (χ1n) is 11.1. The van der Waals surface area contributed by atoms with Crippen LogP contribution in [0.4, 0.5) is 0 Å². The van der Waals surface area contributed by atoms with Crippen LogP contribution in [0.5, 0.6) is 5.75 Å². The zero-order valence-electron chi connectivity index (χ0n) is 19.6. The van der Waals surface area contributed by atoms with Gasteiger partial charge in [-0.15, -0.1) is 10.2 Å². The van der Waals surface area contributed by atoms with Crippen molar-refractivity contribution in [3.63, 3.8) is 0 Å². The molecule has 0 amide bonds. The van der Waals surface area contributed by atoms with Crippen molar-refractivity contribution in [2.24, 2.45) is 0 Å². The molecule has 0 fully saturated rings. The second-order valence-corrected chi connectivity index (χ2v) is 9.78. The minimum atomic E-state index is -0.448. The van der Waals surface area contributed by atoms with Crippen molar-refractivity contribution < 1.29 is 9.66 Å². The maximum absolute atomic E-state index is 11.5. The van der Waals surface area contributed by atoms with Crippen LogP contribution in [0, 0.1) is 30.9 Å². The van der Waals surface area contributed by atoms with E-state index in [0.29, 0.717) is 22.5 Å². The first kappa shape index (κ1) is 24.8. The van der Waals surface area contributed by atoms with Gasteiger partial charge < -0.3 is 4.74 Å². The molecule has 4 rings (SSSR count). The maximum Gasteiger partial charge on any atom is 0.220 e. The molecule has 3 aromatic carbocycles. The molecule has 0 aliphatic heterocycles. The molecule has 4 aromatic rings. The predicted octanol–water partition coefficient (Wildman–Crippen LogP) is 6.54. The van der Waals surface area contributed by atoms with Crippen molar-refractivity contribution in [1.82, 2.24) is 14.8 Å². The van der Waals surface area contributed by atoms with Crippen molar-refractivity contribution in [2.45, 2.75) is 37.8 Å². The molecule has 180 valence electrons. The molecule has 0 unspecified atom stereocenters. The van der Waals surface area contributed by atoms with E-state index in [1.807, 2.05) is 66.1 Å². The lowest BCUT2D eigenvalue weighted by atomic mass is 10.1. The molecule has 0 radical (unpaired) electrons. The van der Waals surface area contributed by atoms with Crippen molar-refractivity contribution in [2.75, 3.05) is 6.54 Å². The molecule has 0 aliphatic rings. The lowest BCUT2D eigenvalue weighted by molar-refractivity contribution is -0.479. The number of benzene rings is 3. The second kappa shape index (κ2) is 10.9. The van der Waals surface area contributed by atoms with E-state index in [1.54, 1.807) is 0 Å². The van der Waals surface area contributed by atoms with Crippen molar-refractivity contribution in [3.05, 3.63) is 110 Å². The molecule has 1 heterocycles. The fourth-order valence-corrected chi connectivity index (χ4v) is 4.97. The van der Waals surface area contributed by atoms with Crippen molar-refractivity contribution in [1.29, 1.82) is 0 Å². The lowest BCUT2D eigenvalue weighted by Crippen LogP contribution is -2.11. The summed E-state index contributed by atoms with van der Waals surface area (Å²) in [7, 11) is 0. The van der Waals surface area contributed by atoms with E-state index in [-0.39, 0.29) is 11.5 Å². The Morgan fingerprint density at radius 1 is 1.03 bits per heavy atom. The number of nitro groups is 1. The smallest absolute Gasteiger partial charge is 0.220 e. The minimum absolute atomic E-state index is 0.247. The lowest BCUT2D eigenvalue weighted by Gasteiger charge is -2.15. The average Bonchev–Trinajstić information content (AvgIpc) is 3.20. The molecule has 0 aliphatic carbocycles. The van der Waals surface area contributed by atoms with Gasteiger partial charge in [-0.3, -0.25) is 14.7 Å². The number of hydrogen-bond acceptors (Lipinski definition) is 6. The van der Waals surface area contributed by atoms with Crippen LogP contribution in [0.2, 0.25) is 5.02 Å². The summed E-state index contributed by atoms with van der Waals surface area (Å²) in [4.78, 5) is 11.2. The van der Waals surface area contributed by atoms with Gasteiger partial charge in [0.1, 0.15) is 23.4 Å². The van der Waals surface area contributed by atoms with Gasteiger partial charge >= 0.3 is 0 Å². The molecular weight excluding hydrogens is 484 g/mol. The zero-order chi connectivity index (χ0) is 24.9. The van der Waals surface area contributed by atoms with Gasteiger partial charge in [0.05, 0.1) is 0 Å². The molecule has 9 heteroatoms. The molecule has 0 saturated heterocycles. The standard InChI is InChI=1S/C26H25ClN4O3S/c1-17-8-11-22(14-18(17)2)31-19(3)28-29-26(31)35-25(15-30(32)33)20-9-12-23(13-10-20)34-16-21-6-4-5-7-24(21)27/h4-14,25H,15-16H2,1-3H3/t25-/m1/s1. The molecular formula is C26H25ClN4O3S. The van der Waals surface area contributed by atoms with Gasteiger partial charge in [-0.2, -0.15) is 0 Å². The quantitative estimate of drug-likeness (QED) is 0.145. The first-order valence-corrected chi connectivity index (χ1v) is 12.3. The van der Waals surface area contributed by atoms with Crippen LogP contribution in [-0.4, -0.2) is 26.2 Å². The van der Waals surface area contributed by atoms with E-state index < -0.39 is 5.25 Å². The number of rotatable bonds is 9. The number of halogens is 1. The highest BCUT2D eigenvalue weighted by Gasteiger charge is 2.24. The monoisotopic (exact) mass is 508 g/mol. The molecule has 1 atom stereocenters. The molecule has 0 spiro atoms. The van der Waals surface area contributed by atoms with Crippen LogP contribution in [0.1, 0.15) is 33.3 Å². The third-order valence-corrected chi connectivity index (χ3v) is 7.26. The summed E-state index contributed by atoms with van der Waals surface area (Å²) in [6, 6.07) is 21.0.